The quantitative estimate of drug-likeness (QED) is 0.705. The summed E-state index contributed by atoms with van der Waals surface area (Å²) < 4.78 is 0. The third-order valence-corrected chi connectivity index (χ3v) is 6.00. The van der Waals surface area contributed by atoms with Crippen LogP contribution in [0.5, 0.6) is 0 Å². The zero-order chi connectivity index (χ0) is 21.5. The highest BCUT2D eigenvalue weighted by atomic mass is 35.5. The molecule has 2 aromatic carbocycles. The molecule has 5 nitrogen and oxygen atoms in total. The summed E-state index contributed by atoms with van der Waals surface area (Å²) in [5.41, 5.74) is 1.87. The van der Waals surface area contributed by atoms with Crippen LogP contribution in [-0.2, 0) is 16.0 Å². The van der Waals surface area contributed by atoms with Crippen molar-refractivity contribution in [3.63, 3.8) is 0 Å². The second-order valence-corrected chi connectivity index (χ2v) is 8.37. The van der Waals surface area contributed by atoms with Crippen LogP contribution in [0.4, 0.5) is 0 Å². The van der Waals surface area contributed by atoms with Crippen molar-refractivity contribution in [2.75, 3.05) is 13.1 Å². The van der Waals surface area contributed by atoms with Crippen molar-refractivity contribution < 1.29 is 14.7 Å². The third kappa shape index (κ3) is 6.07. The second-order valence-electron chi connectivity index (χ2n) is 7.93. The normalized spacial score (nSPS) is 16.7. The predicted molar refractivity (Wildman–Crippen MR) is 118 cm³/mol. The minimum Gasteiger partial charge on any atom is -0.386 e. The van der Waals surface area contributed by atoms with Crippen molar-refractivity contribution >= 4 is 23.4 Å². The Hall–Kier alpha value is -2.37. The molecule has 1 saturated heterocycles. The van der Waals surface area contributed by atoms with Gasteiger partial charge in [0.1, 0.15) is 0 Å². The molecule has 3 rings (SSSR count). The van der Waals surface area contributed by atoms with Crippen LogP contribution in [0.25, 0.3) is 0 Å². The maximum Gasteiger partial charge on any atom is 0.223 e. The van der Waals surface area contributed by atoms with Crippen LogP contribution in [0.15, 0.2) is 54.6 Å². The number of carbonyl (C=O) groups excluding carboxylic acids is 2. The van der Waals surface area contributed by atoms with E-state index in [0.717, 1.165) is 12.0 Å². The number of carbonyl (C=O) groups is 2. The Bertz CT molecular complexity index is 833. The van der Waals surface area contributed by atoms with E-state index >= 15 is 0 Å². The summed E-state index contributed by atoms with van der Waals surface area (Å²) in [4.78, 5) is 27.0. The molecule has 0 bridgehead atoms. The van der Waals surface area contributed by atoms with E-state index in [9.17, 15) is 14.7 Å². The fourth-order valence-corrected chi connectivity index (χ4v) is 3.94. The molecule has 0 saturated carbocycles. The molecule has 1 aliphatic rings. The molecule has 160 valence electrons. The minimum absolute atomic E-state index is 0.0631. The second kappa shape index (κ2) is 10.6. The van der Waals surface area contributed by atoms with Gasteiger partial charge in [-0.2, -0.15) is 0 Å². The molecule has 2 aromatic rings. The SMILES string of the molecule is CC(NC(=O)C1CCN(C(=O)CCc2ccccc2)CC1)C(O)c1ccc(Cl)cc1. The Morgan fingerprint density at radius 1 is 1.10 bits per heavy atom. The highest BCUT2D eigenvalue weighted by Gasteiger charge is 2.29. The fourth-order valence-electron chi connectivity index (χ4n) is 3.81. The van der Waals surface area contributed by atoms with Crippen molar-refractivity contribution in [3.05, 3.63) is 70.7 Å². The van der Waals surface area contributed by atoms with Gasteiger partial charge in [0.25, 0.3) is 0 Å². The van der Waals surface area contributed by atoms with E-state index in [1.165, 1.54) is 0 Å². The van der Waals surface area contributed by atoms with Crippen LogP contribution < -0.4 is 5.32 Å². The van der Waals surface area contributed by atoms with Gasteiger partial charge in [0.15, 0.2) is 0 Å². The zero-order valence-corrected chi connectivity index (χ0v) is 18.0. The van der Waals surface area contributed by atoms with Crippen LogP contribution in [0.1, 0.15) is 43.4 Å². The lowest BCUT2D eigenvalue weighted by atomic mass is 9.94. The van der Waals surface area contributed by atoms with Gasteiger partial charge in [-0.05, 0) is 49.4 Å². The van der Waals surface area contributed by atoms with Gasteiger partial charge in [-0.15, -0.1) is 0 Å². The van der Waals surface area contributed by atoms with E-state index in [0.29, 0.717) is 42.9 Å². The van der Waals surface area contributed by atoms with Crippen molar-refractivity contribution in [2.24, 2.45) is 5.92 Å². The van der Waals surface area contributed by atoms with Crippen molar-refractivity contribution in [3.8, 4) is 0 Å². The monoisotopic (exact) mass is 428 g/mol. The first-order valence-electron chi connectivity index (χ1n) is 10.5. The van der Waals surface area contributed by atoms with Crippen LogP contribution in [-0.4, -0.2) is 41.0 Å². The number of hydrogen-bond donors (Lipinski definition) is 2. The number of nitrogens with one attached hydrogen (secondary N) is 1. The van der Waals surface area contributed by atoms with E-state index < -0.39 is 12.1 Å². The molecule has 30 heavy (non-hydrogen) atoms. The number of rotatable bonds is 7. The van der Waals surface area contributed by atoms with Crippen molar-refractivity contribution in [1.82, 2.24) is 10.2 Å². The summed E-state index contributed by atoms with van der Waals surface area (Å²) in [6, 6.07) is 16.5. The highest BCUT2D eigenvalue weighted by molar-refractivity contribution is 6.30. The summed E-state index contributed by atoms with van der Waals surface area (Å²) in [6.07, 6.45) is 1.72. The molecular formula is C24H29ClN2O3. The van der Waals surface area contributed by atoms with E-state index in [2.05, 4.69) is 5.32 Å². The minimum atomic E-state index is -0.800. The first-order chi connectivity index (χ1) is 14.4. The largest absolute Gasteiger partial charge is 0.386 e. The Morgan fingerprint density at radius 2 is 1.73 bits per heavy atom. The molecule has 0 radical (unpaired) electrons. The lowest BCUT2D eigenvalue weighted by molar-refractivity contribution is -0.136. The molecule has 1 heterocycles. The Kier molecular flexibility index (Phi) is 7.88. The Labute approximate surface area is 183 Å². The van der Waals surface area contributed by atoms with E-state index in [-0.39, 0.29) is 17.7 Å². The summed E-state index contributed by atoms with van der Waals surface area (Å²) in [6.45, 7) is 2.99. The number of aliphatic hydroxyl groups excluding tert-OH is 1. The number of likely N-dealkylation sites (tertiary alicyclic amines) is 1. The molecule has 1 aliphatic heterocycles. The predicted octanol–water partition coefficient (Wildman–Crippen LogP) is 3.75. The van der Waals surface area contributed by atoms with E-state index in [1.807, 2.05) is 35.2 Å². The molecule has 2 N–H and O–H groups in total. The number of piperidine rings is 1. The number of nitrogens with zero attached hydrogens (tertiary/aromatic N) is 1. The van der Waals surface area contributed by atoms with E-state index in [4.69, 9.17) is 11.6 Å². The van der Waals surface area contributed by atoms with Gasteiger partial charge in [-0.1, -0.05) is 54.1 Å². The zero-order valence-electron chi connectivity index (χ0n) is 17.3. The molecule has 2 amide bonds. The summed E-state index contributed by atoms with van der Waals surface area (Å²) in [5.74, 6) is -0.0563. The number of aryl methyl sites for hydroxylation is 1. The van der Waals surface area contributed by atoms with Crippen LogP contribution in [0.2, 0.25) is 5.02 Å². The van der Waals surface area contributed by atoms with Gasteiger partial charge in [0.05, 0.1) is 12.1 Å². The summed E-state index contributed by atoms with van der Waals surface area (Å²) >= 11 is 5.89. The Morgan fingerprint density at radius 3 is 2.37 bits per heavy atom. The van der Waals surface area contributed by atoms with Crippen LogP contribution in [0, 0.1) is 5.92 Å². The van der Waals surface area contributed by atoms with Gasteiger partial charge in [-0.3, -0.25) is 9.59 Å². The average Bonchev–Trinajstić information content (AvgIpc) is 2.78. The summed E-state index contributed by atoms with van der Waals surface area (Å²) in [7, 11) is 0. The smallest absolute Gasteiger partial charge is 0.223 e. The lowest BCUT2D eigenvalue weighted by Crippen LogP contribution is -2.46. The van der Waals surface area contributed by atoms with Crippen LogP contribution >= 0.6 is 11.6 Å². The number of amides is 2. The molecule has 1 fully saturated rings. The average molecular weight is 429 g/mol. The van der Waals surface area contributed by atoms with Gasteiger partial charge in [0.2, 0.25) is 11.8 Å². The first kappa shape index (κ1) is 22.3. The molecule has 0 aromatic heterocycles. The summed E-state index contributed by atoms with van der Waals surface area (Å²) in [5, 5.41) is 14.0. The standard InChI is InChI=1S/C24H29ClN2O3/c1-17(23(29)19-8-10-21(25)11-9-19)26-24(30)20-13-15-27(16-14-20)22(28)12-7-18-5-3-2-4-6-18/h2-6,8-11,17,20,23,29H,7,12-16H2,1H3,(H,26,30). The lowest BCUT2D eigenvalue weighted by Gasteiger charge is -2.32. The van der Waals surface area contributed by atoms with Gasteiger partial charge >= 0.3 is 0 Å². The van der Waals surface area contributed by atoms with Crippen LogP contribution in [0.3, 0.4) is 0 Å². The fraction of sp³-hybridized carbons (Fsp3) is 0.417. The molecule has 0 spiro atoms. The van der Waals surface area contributed by atoms with Gasteiger partial charge in [0, 0.05) is 30.5 Å². The Balaban J connectivity index is 1.43. The van der Waals surface area contributed by atoms with Crippen molar-refractivity contribution in [2.45, 2.75) is 44.8 Å². The van der Waals surface area contributed by atoms with E-state index in [1.54, 1.807) is 31.2 Å². The molecular weight excluding hydrogens is 400 g/mol. The third-order valence-electron chi connectivity index (χ3n) is 5.74. The molecule has 6 heteroatoms. The maximum atomic E-state index is 12.6. The first-order valence-corrected chi connectivity index (χ1v) is 10.9. The topological polar surface area (TPSA) is 69.6 Å². The van der Waals surface area contributed by atoms with Crippen molar-refractivity contribution in [1.29, 1.82) is 0 Å². The number of benzene rings is 2. The molecule has 0 aliphatic carbocycles. The molecule has 2 atom stereocenters. The highest BCUT2D eigenvalue weighted by Crippen LogP contribution is 2.22. The number of aliphatic hydroxyl groups is 1. The molecule has 2 unspecified atom stereocenters. The number of halogens is 1. The maximum absolute atomic E-state index is 12.6. The number of hydrogen-bond acceptors (Lipinski definition) is 3. The van der Waals surface area contributed by atoms with Gasteiger partial charge < -0.3 is 15.3 Å². The van der Waals surface area contributed by atoms with Gasteiger partial charge in [-0.25, -0.2) is 0 Å².